The Labute approximate surface area is 171 Å². The summed E-state index contributed by atoms with van der Waals surface area (Å²) in [5, 5.41) is 0. The van der Waals surface area contributed by atoms with Crippen molar-refractivity contribution < 1.29 is 14.3 Å². The van der Waals surface area contributed by atoms with Gasteiger partial charge < -0.3 is 9.64 Å². The highest BCUT2D eigenvalue weighted by Crippen LogP contribution is 2.31. The molecule has 27 heavy (non-hydrogen) atoms. The Hall–Kier alpha value is -1.36. The van der Waals surface area contributed by atoms with Crippen LogP contribution in [0.2, 0.25) is 0 Å². The van der Waals surface area contributed by atoms with E-state index in [-0.39, 0.29) is 17.2 Å². The molecule has 1 aliphatic rings. The number of amides is 1. The van der Waals surface area contributed by atoms with E-state index in [2.05, 4.69) is 48.8 Å². The van der Waals surface area contributed by atoms with Crippen molar-refractivity contribution in [2.45, 2.75) is 65.2 Å². The van der Waals surface area contributed by atoms with Crippen LogP contribution in [0.4, 0.5) is 0 Å². The van der Waals surface area contributed by atoms with Crippen molar-refractivity contribution in [2.24, 2.45) is 5.92 Å². The van der Waals surface area contributed by atoms with Crippen LogP contribution in [-0.2, 0) is 15.0 Å². The van der Waals surface area contributed by atoms with E-state index in [4.69, 9.17) is 4.74 Å². The predicted octanol–water partition coefficient (Wildman–Crippen LogP) is 5.12. The number of nitrogens with zero attached hydrogens (tertiary/aromatic N) is 1. The molecule has 4 nitrogen and oxygen atoms in total. The van der Waals surface area contributed by atoms with Crippen LogP contribution in [-0.4, -0.2) is 36.3 Å². The first-order chi connectivity index (χ1) is 12.7. The molecule has 0 saturated carbocycles. The van der Waals surface area contributed by atoms with Gasteiger partial charge in [0.25, 0.3) is 0 Å². The molecule has 0 radical (unpaired) electrons. The number of piperidine rings is 1. The highest BCUT2D eigenvalue weighted by atomic mass is 79.9. The zero-order valence-electron chi connectivity index (χ0n) is 17.0. The summed E-state index contributed by atoms with van der Waals surface area (Å²) in [6.45, 7) is 10.4. The first kappa shape index (κ1) is 21.9. The van der Waals surface area contributed by atoms with Gasteiger partial charge in [-0.1, -0.05) is 33.8 Å². The highest BCUT2D eigenvalue weighted by molar-refractivity contribution is 9.10. The van der Waals surface area contributed by atoms with E-state index in [1.165, 1.54) is 5.56 Å². The summed E-state index contributed by atoms with van der Waals surface area (Å²) in [4.78, 5) is 26.0. The average molecular weight is 438 g/mol. The first-order valence-corrected chi connectivity index (χ1v) is 10.7. The molecule has 0 atom stereocenters. The lowest BCUT2D eigenvalue weighted by Gasteiger charge is -2.31. The number of carbonyl (C=O) groups excluding carboxylic acids is 2. The van der Waals surface area contributed by atoms with Gasteiger partial charge in [-0.05, 0) is 58.3 Å². The van der Waals surface area contributed by atoms with Crippen molar-refractivity contribution in [3.8, 4) is 5.75 Å². The van der Waals surface area contributed by atoms with Crippen LogP contribution in [0.1, 0.15) is 65.4 Å². The van der Waals surface area contributed by atoms with Gasteiger partial charge in [-0.25, -0.2) is 0 Å². The lowest BCUT2D eigenvalue weighted by Crippen LogP contribution is -2.40. The summed E-state index contributed by atoms with van der Waals surface area (Å²) < 4.78 is 6.79. The zero-order valence-corrected chi connectivity index (χ0v) is 18.6. The van der Waals surface area contributed by atoms with Crippen molar-refractivity contribution in [1.82, 2.24) is 4.90 Å². The minimum atomic E-state index is 0.0999. The molecule has 1 heterocycles. The molecular weight excluding hydrogens is 406 g/mol. The maximum atomic E-state index is 12.4. The predicted molar refractivity (Wildman–Crippen MR) is 112 cm³/mol. The normalized spacial score (nSPS) is 15.7. The summed E-state index contributed by atoms with van der Waals surface area (Å²) in [6, 6.07) is 6.18. The molecule has 0 aliphatic carbocycles. The number of hydrogen-bond donors (Lipinski definition) is 0. The van der Waals surface area contributed by atoms with Crippen LogP contribution in [0.25, 0.3) is 0 Å². The number of Topliss-reactive ketones (excluding diaryl/α,β-unsaturated/α-hetero) is 1. The number of ether oxygens (including phenoxy) is 1. The molecule has 0 bridgehead atoms. The molecule has 0 spiro atoms. The molecule has 1 fully saturated rings. The van der Waals surface area contributed by atoms with Crippen LogP contribution in [0, 0.1) is 5.92 Å². The van der Waals surface area contributed by atoms with E-state index >= 15 is 0 Å². The highest BCUT2D eigenvalue weighted by Gasteiger charge is 2.25. The molecule has 0 aromatic heterocycles. The van der Waals surface area contributed by atoms with Gasteiger partial charge in [0.15, 0.2) is 0 Å². The standard InChI is InChI=1S/C22H32BrNO3/c1-5-19(25)16-10-12-24(13-11-16)21(26)7-6-14-27-20-9-8-17(15-18(20)23)22(2,3)4/h8-9,15-16H,5-7,10-14H2,1-4H3. The SMILES string of the molecule is CCC(=O)C1CCN(C(=O)CCCOc2ccc(C(C)(C)C)cc2Br)CC1. The Bertz CT molecular complexity index is 658. The average Bonchev–Trinajstić information content (AvgIpc) is 2.64. The number of likely N-dealkylation sites (tertiary alicyclic amines) is 1. The fraction of sp³-hybridized carbons (Fsp3) is 0.636. The molecule has 1 saturated heterocycles. The quantitative estimate of drug-likeness (QED) is 0.555. The van der Waals surface area contributed by atoms with E-state index in [1.807, 2.05) is 17.9 Å². The Morgan fingerprint density at radius 2 is 1.89 bits per heavy atom. The molecule has 5 heteroatoms. The van der Waals surface area contributed by atoms with Crippen LogP contribution in [0.5, 0.6) is 5.75 Å². The number of ketones is 1. The lowest BCUT2D eigenvalue weighted by atomic mass is 9.87. The van der Waals surface area contributed by atoms with E-state index in [1.54, 1.807) is 0 Å². The van der Waals surface area contributed by atoms with Gasteiger partial charge >= 0.3 is 0 Å². The van der Waals surface area contributed by atoms with E-state index in [9.17, 15) is 9.59 Å². The van der Waals surface area contributed by atoms with Gasteiger partial charge in [0.1, 0.15) is 11.5 Å². The molecule has 150 valence electrons. The molecule has 0 N–H and O–H groups in total. The first-order valence-electron chi connectivity index (χ1n) is 9.95. The van der Waals surface area contributed by atoms with Gasteiger partial charge in [-0.3, -0.25) is 9.59 Å². The minimum Gasteiger partial charge on any atom is -0.492 e. The number of benzene rings is 1. The number of rotatable bonds is 7. The molecule has 1 aromatic carbocycles. The third kappa shape index (κ3) is 6.34. The Balaban J connectivity index is 1.73. The second-order valence-corrected chi connectivity index (χ2v) is 9.18. The van der Waals surface area contributed by atoms with Crippen LogP contribution in [0.15, 0.2) is 22.7 Å². The second kappa shape index (κ2) is 9.72. The largest absolute Gasteiger partial charge is 0.492 e. The summed E-state index contributed by atoms with van der Waals surface area (Å²) in [7, 11) is 0. The van der Waals surface area contributed by atoms with Crippen LogP contribution in [0.3, 0.4) is 0 Å². The third-order valence-corrected chi connectivity index (χ3v) is 5.86. The smallest absolute Gasteiger partial charge is 0.222 e. The van der Waals surface area contributed by atoms with E-state index in [0.29, 0.717) is 44.7 Å². The van der Waals surface area contributed by atoms with Crippen molar-refractivity contribution in [3.63, 3.8) is 0 Å². The number of carbonyl (C=O) groups is 2. The minimum absolute atomic E-state index is 0.0999. The maximum Gasteiger partial charge on any atom is 0.222 e. The maximum absolute atomic E-state index is 12.4. The van der Waals surface area contributed by atoms with Gasteiger partial charge in [0.05, 0.1) is 11.1 Å². The lowest BCUT2D eigenvalue weighted by molar-refractivity contribution is -0.135. The van der Waals surface area contributed by atoms with Crippen molar-refractivity contribution in [3.05, 3.63) is 28.2 Å². The monoisotopic (exact) mass is 437 g/mol. The van der Waals surface area contributed by atoms with E-state index in [0.717, 1.165) is 23.1 Å². The molecule has 2 rings (SSSR count). The van der Waals surface area contributed by atoms with Crippen LogP contribution >= 0.6 is 15.9 Å². The molecule has 1 aromatic rings. The summed E-state index contributed by atoms with van der Waals surface area (Å²) in [6.07, 6.45) is 3.40. The fourth-order valence-corrected chi connectivity index (χ4v) is 3.88. The second-order valence-electron chi connectivity index (χ2n) is 8.32. The summed E-state index contributed by atoms with van der Waals surface area (Å²) >= 11 is 3.58. The molecule has 1 aliphatic heterocycles. The Morgan fingerprint density at radius 3 is 2.44 bits per heavy atom. The number of hydrogen-bond acceptors (Lipinski definition) is 3. The Morgan fingerprint density at radius 1 is 1.22 bits per heavy atom. The fourth-order valence-electron chi connectivity index (χ4n) is 3.39. The van der Waals surface area contributed by atoms with Gasteiger partial charge in [-0.2, -0.15) is 0 Å². The van der Waals surface area contributed by atoms with Crippen molar-refractivity contribution in [1.29, 1.82) is 0 Å². The molecule has 0 unspecified atom stereocenters. The van der Waals surface area contributed by atoms with Crippen molar-refractivity contribution >= 4 is 27.6 Å². The van der Waals surface area contributed by atoms with Gasteiger partial charge in [-0.15, -0.1) is 0 Å². The number of halogens is 1. The molecule has 1 amide bonds. The molecular formula is C22H32BrNO3. The zero-order chi connectivity index (χ0) is 20.0. The summed E-state index contributed by atoms with van der Waals surface area (Å²) in [5.41, 5.74) is 1.35. The van der Waals surface area contributed by atoms with Gasteiger partial charge in [0, 0.05) is 31.8 Å². The van der Waals surface area contributed by atoms with Crippen LogP contribution < -0.4 is 4.74 Å². The van der Waals surface area contributed by atoms with Gasteiger partial charge in [0.2, 0.25) is 5.91 Å². The summed E-state index contributed by atoms with van der Waals surface area (Å²) in [5.74, 6) is 1.46. The topological polar surface area (TPSA) is 46.6 Å². The Kier molecular flexibility index (Phi) is 7.90. The third-order valence-electron chi connectivity index (χ3n) is 5.24. The van der Waals surface area contributed by atoms with Crippen molar-refractivity contribution in [2.75, 3.05) is 19.7 Å². The van der Waals surface area contributed by atoms with E-state index < -0.39 is 0 Å².